The molecule has 2 N–H and O–H groups in total. The van der Waals surface area contributed by atoms with Crippen LogP contribution in [0.25, 0.3) is 28.3 Å². The van der Waals surface area contributed by atoms with Crippen LogP contribution in [-0.2, 0) is 0 Å². The van der Waals surface area contributed by atoms with Gasteiger partial charge in [0.15, 0.2) is 0 Å². The number of nitrogens with zero attached hydrogens (tertiary/aromatic N) is 6. The van der Waals surface area contributed by atoms with Crippen molar-refractivity contribution in [3.05, 3.63) is 114 Å². The number of likely N-dealkylation sites (tertiary alicyclic amines) is 1. The van der Waals surface area contributed by atoms with E-state index in [2.05, 4.69) is 37.6 Å². The van der Waals surface area contributed by atoms with Crippen LogP contribution in [0, 0.1) is 18.6 Å². The van der Waals surface area contributed by atoms with E-state index in [1.54, 1.807) is 31.5 Å². The van der Waals surface area contributed by atoms with Crippen molar-refractivity contribution < 1.29 is 18.3 Å². The third kappa shape index (κ3) is 7.08. The molecule has 0 bridgehead atoms. The van der Waals surface area contributed by atoms with E-state index in [1.807, 2.05) is 47.9 Å². The largest absolute Gasteiger partial charge is 0.494 e. The van der Waals surface area contributed by atoms with Crippen molar-refractivity contribution in [1.82, 2.24) is 24.3 Å². The van der Waals surface area contributed by atoms with Gasteiger partial charge in [0.25, 0.3) is 5.91 Å². The van der Waals surface area contributed by atoms with Gasteiger partial charge in [0.1, 0.15) is 28.7 Å². The number of anilines is 4. The standard InChI is InChI=1S/C42H42F2N8O2/c1-27-9-8-22-52-39(37(48-40(27)52)28-10-6-11-29(25-28)41(53)49-38-32(43)12-7-13-33(38)44)35-16-19-45-42(47-35)46-34-15-14-31(26-36(34)54-2)51-23-17-30(18-24-51)50-20-4-3-5-21-50/h6-16,19,22,25-26,30H,3-5,17-18,20-21,23-24H2,1-2H3,(H,49,53)(H,45,46,47). The molecule has 0 aliphatic carbocycles. The Morgan fingerprint density at radius 3 is 2.43 bits per heavy atom. The number of hydrogen-bond donors (Lipinski definition) is 2. The molecule has 2 fully saturated rings. The number of carbonyl (C=O) groups is 1. The van der Waals surface area contributed by atoms with Crippen LogP contribution in [0.3, 0.4) is 0 Å². The van der Waals surface area contributed by atoms with Crippen molar-refractivity contribution >= 4 is 34.6 Å². The summed E-state index contributed by atoms with van der Waals surface area (Å²) in [5.41, 5.74) is 5.72. The van der Waals surface area contributed by atoms with Crippen LogP contribution in [0.5, 0.6) is 5.75 Å². The first-order valence-corrected chi connectivity index (χ1v) is 18.5. The van der Waals surface area contributed by atoms with E-state index in [0.717, 1.165) is 47.8 Å². The lowest BCUT2D eigenvalue weighted by atomic mass is 9.99. The summed E-state index contributed by atoms with van der Waals surface area (Å²) in [5.74, 6) is -1.31. The second-order valence-corrected chi connectivity index (χ2v) is 13.9. The smallest absolute Gasteiger partial charge is 0.255 e. The summed E-state index contributed by atoms with van der Waals surface area (Å²) in [6.45, 7) is 6.46. The maximum atomic E-state index is 14.3. The molecule has 0 atom stereocenters. The van der Waals surface area contributed by atoms with Crippen molar-refractivity contribution in [3.8, 4) is 28.4 Å². The van der Waals surface area contributed by atoms with Gasteiger partial charge in [0.2, 0.25) is 5.95 Å². The molecule has 0 unspecified atom stereocenters. The molecule has 2 aliphatic heterocycles. The second-order valence-electron chi connectivity index (χ2n) is 13.9. The molecule has 0 radical (unpaired) electrons. The molecule has 12 heteroatoms. The number of ether oxygens (including phenoxy) is 1. The molecule has 10 nitrogen and oxygen atoms in total. The summed E-state index contributed by atoms with van der Waals surface area (Å²) in [7, 11) is 1.67. The summed E-state index contributed by atoms with van der Waals surface area (Å²) in [6.07, 6.45) is 9.92. The first kappa shape index (κ1) is 35.2. The number of para-hydroxylation sites is 1. The van der Waals surface area contributed by atoms with Crippen LogP contribution in [0.15, 0.2) is 91.3 Å². The highest BCUT2D eigenvalue weighted by Gasteiger charge is 2.26. The number of hydrogen-bond acceptors (Lipinski definition) is 8. The third-order valence-electron chi connectivity index (χ3n) is 10.5. The number of carbonyl (C=O) groups excluding carboxylic acids is 1. The molecule has 5 heterocycles. The van der Waals surface area contributed by atoms with Crippen LogP contribution in [0.2, 0.25) is 0 Å². The average molecular weight is 729 g/mol. The van der Waals surface area contributed by atoms with E-state index in [1.165, 1.54) is 51.3 Å². The number of aryl methyl sites for hydroxylation is 1. The Labute approximate surface area is 312 Å². The van der Waals surface area contributed by atoms with Crippen molar-refractivity contribution in [2.24, 2.45) is 0 Å². The van der Waals surface area contributed by atoms with Gasteiger partial charge in [0, 0.05) is 54.4 Å². The topological polar surface area (TPSA) is 99.9 Å². The van der Waals surface area contributed by atoms with Crippen LogP contribution < -0.4 is 20.3 Å². The normalized spacial score (nSPS) is 15.4. The van der Waals surface area contributed by atoms with Crippen LogP contribution >= 0.6 is 0 Å². The van der Waals surface area contributed by atoms with E-state index < -0.39 is 23.2 Å². The second kappa shape index (κ2) is 15.2. The zero-order valence-corrected chi connectivity index (χ0v) is 30.4. The predicted molar refractivity (Wildman–Crippen MR) is 208 cm³/mol. The first-order chi connectivity index (χ1) is 26.4. The number of nitrogens with one attached hydrogen (secondary N) is 2. The number of imidazole rings is 1. The van der Waals surface area contributed by atoms with Gasteiger partial charge in [-0.15, -0.1) is 0 Å². The summed E-state index contributed by atoms with van der Waals surface area (Å²) in [6, 6.07) is 22.8. The highest BCUT2D eigenvalue weighted by Crippen LogP contribution is 2.36. The zero-order chi connectivity index (χ0) is 37.2. The molecule has 1 amide bonds. The predicted octanol–water partition coefficient (Wildman–Crippen LogP) is 8.50. The molecule has 54 heavy (non-hydrogen) atoms. The van der Waals surface area contributed by atoms with Gasteiger partial charge in [-0.3, -0.25) is 9.20 Å². The summed E-state index contributed by atoms with van der Waals surface area (Å²) < 4.78 is 36.5. The quantitative estimate of drug-likeness (QED) is 0.153. The van der Waals surface area contributed by atoms with Crippen molar-refractivity contribution in [1.29, 1.82) is 0 Å². The lowest BCUT2D eigenvalue weighted by Crippen LogP contribution is -2.46. The number of halogens is 2. The van der Waals surface area contributed by atoms with E-state index in [0.29, 0.717) is 40.4 Å². The van der Waals surface area contributed by atoms with Gasteiger partial charge in [-0.05, 0) is 99.8 Å². The summed E-state index contributed by atoms with van der Waals surface area (Å²) in [4.78, 5) is 32.8. The fourth-order valence-electron chi connectivity index (χ4n) is 7.68. The Hall–Kier alpha value is -5.88. The van der Waals surface area contributed by atoms with Crippen LogP contribution in [-0.4, -0.2) is 69.5 Å². The lowest BCUT2D eigenvalue weighted by molar-refractivity contribution is 0.102. The number of methoxy groups -OCH3 is 1. The average Bonchev–Trinajstić information content (AvgIpc) is 3.61. The zero-order valence-electron chi connectivity index (χ0n) is 30.4. The Morgan fingerprint density at radius 1 is 0.870 bits per heavy atom. The van der Waals surface area contributed by atoms with Gasteiger partial charge in [-0.1, -0.05) is 30.7 Å². The monoisotopic (exact) mass is 728 g/mol. The highest BCUT2D eigenvalue weighted by atomic mass is 19.1. The van der Waals surface area contributed by atoms with Gasteiger partial charge >= 0.3 is 0 Å². The van der Waals surface area contributed by atoms with Gasteiger partial charge in [-0.2, -0.15) is 0 Å². The van der Waals surface area contributed by atoms with Crippen LogP contribution in [0.1, 0.15) is 48.0 Å². The fourth-order valence-corrected chi connectivity index (χ4v) is 7.68. The number of piperidine rings is 2. The van der Waals surface area contributed by atoms with Crippen molar-refractivity contribution in [2.75, 3.05) is 48.8 Å². The maximum Gasteiger partial charge on any atom is 0.255 e. The molecule has 0 spiro atoms. The number of rotatable bonds is 9. The Kier molecular flexibility index (Phi) is 9.92. The van der Waals surface area contributed by atoms with Gasteiger partial charge in [-0.25, -0.2) is 23.7 Å². The SMILES string of the molecule is COc1cc(N2CCC(N3CCCCC3)CC2)ccc1Nc1nccc(-c2c(-c3cccc(C(=O)Nc4c(F)cccc4F)c3)nc3c(C)cccn23)n1. The van der Waals surface area contributed by atoms with E-state index in [4.69, 9.17) is 14.7 Å². The first-order valence-electron chi connectivity index (χ1n) is 18.5. The Morgan fingerprint density at radius 2 is 1.65 bits per heavy atom. The number of amides is 1. The number of benzene rings is 3. The van der Waals surface area contributed by atoms with Crippen molar-refractivity contribution in [2.45, 2.75) is 45.1 Å². The summed E-state index contributed by atoms with van der Waals surface area (Å²) >= 11 is 0. The Balaban J connectivity index is 1.06. The summed E-state index contributed by atoms with van der Waals surface area (Å²) in [5, 5.41) is 5.74. The molecule has 2 saturated heterocycles. The molecule has 6 aromatic rings. The minimum absolute atomic E-state index is 0.210. The third-order valence-corrected chi connectivity index (χ3v) is 10.5. The number of aromatic nitrogens is 4. The minimum Gasteiger partial charge on any atom is -0.494 e. The molecule has 8 rings (SSSR count). The van der Waals surface area contributed by atoms with Gasteiger partial charge < -0.3 is 25.2 Å². The Bertz CT molecular complexity index is 2290. The molecule has 2 aliphatic rings. The minimum atomic E-state index is -0.859. The maximum absolute atomic E-state index is 14.3. The van der Waals surface area contributed by atoms with E-state index >= 15 is 0 Å². The lowest BCUT2D eigenvalue weighted by Gasteiger charge is -2.41. The van der Waals surface area contributed by atoms with Gasteiger partial charge in [0.05, 0.1) is 29.9 Å². The molecule has 276 valence electrons. The number of fused-ring (bicyclic) bond motifs is 1. The van der Waals surface area contributed by atoms with E-state index in [9.17, 15) is 13.6 Å². The van der Waals surface area contributed by atoms with Crippen LogP contribution in [0.4, 0.5) is 31.8 Å². The number of pyridine rings is 1. The molecular formula is C42H42F2N8O2. The van der Waals surface area contributed by atoms with E-state index in [-0.39, 0.29) is 5.56 Å². The highest BCUT2D eigenvalue weighted by molar-refractivity contribution is 6.05. The molecular weight excluding hydrogens is 687 g/mol. The van der Waals surface area contributed by atoms with Crippen molar-refractivity contribution in [3.63, 3.8) is 0 Å². The molecule has 3 aromatic carbocycles. The molecule has 3 aromatic heterocycles. The molecule has 0 saturated carbocycles. The fraction of sp³-hybridized carbons (Fsp3) is 0.286.